The van der Waals surface area contributed by atoms with E-state index < -0.39 is 29.6 Å². The van der Waals surface area contributed by atoms with Crippen molar-refractivity contribution in [2.45, 2.75) is 18.9 Å². The Kier molecular flexibility index (Phi) is 5.01. The number of halogens is 1. The van der Waals surface area contributed by atoms with Gasteiger partial charge in [-0.1, -0.05) is 6.07 Å². The average molecular weight is 283 g/mol. The second-order valence-electron chi connectivity index (χ2n) is 4.07. The van der Waals surface area contributed by atoms with Gasteiger partial charge in [-0.05, 0) is 18.6 Å². The van der Waals surface area contributed by atoms with E-state index in [0.717, 1.165) is 6.07 Å². The molecule has 0 aliphatic carbocycles. The lowest BCUT2D eigenvalue weighted by Crippen LogP contribution is -2.41. The van der Waals surface area contributed by atoms with Crippen molar-refractivity contribution in [1.82, 2.24) is 5.32 Å². The normalized spacial score (nSPS) is 11.7. The Morgan fingerprint density at radius 1 is 1.35 bits per heavy atom. The Labute approximate surface area is 113 Å². The summed E-state index contributed by atoms with van der Waals surface area (Å²) in [5.41, 5.74) is 9.77. The number of amides is 2. The Bertz CT molecular complexity index is 548. The number of benzene rings is 1. The minimum absolute atomic E-state index is 0.161. The first-order valence-electron chi connectivity index (χ1n) is 5.69. The highest BCUT2D eigenvalue weighted by Gasteiger charge is 2.22. The van der Waals surface area contributed by atoms with E-state index in [1.165, 1.54) is 12.1 Å². The molecule has 0 aliphatic rings. The molecule has 108 valence electrons. The monoisotopic (exact) mass is 283 g/mol. The minimum atomic E-state index is -1.32. The summed E-state index contributed by atoms with van der Waals surface area (Å²) in [6.07, 6.45) is -0.360. The molecule has 20 heavy (non-hydrogen) atoms. The molecule has 0 bridgehead atoms. The van der Waals surface area contributed by atoms with Gasteiger partial charge in [0.1, 0.15) is 11.9 Å². The lowest BCUT2D eigenvalue weighted by Gasteiger charge is -2.14. The number of nitrogens with one attached hydrogen (secondary N) is 1. The summed E-state index contributed by atoms with van der Waals surface area (Å²) in [7, 11) is 0. The summed E-state index contributed by atoms with van der Waals surface area (Å²) in [4.78, 5) is 33.4. The summed E-state index contributed by atoms with van der Waals surface area (Å²) >= 11 is 0. The van der Waals surface area contributed by atoms with Crippen molar-refractivity contribution in [3.63, 3.8) is 0 Å². The Morgan fingerprint density at radius 3 is 2.55 bits per heavy atom. The molecule has 1 rings (SSSR count). The standard InChI is InChI=1S/C12H14FN3O4/c13-7-3-1-2-6(10(7)15)11(18)16-8(12(19)20)4-5-9(14)17/h1-3,8H,4-5,15H2,(H2,14,17)(H,16,18)(H,19,20)/t8-/m1/s1. The van der Waals surface area contributed by atoms with Crippen molar-refractivity contribution in [1.29, 1.82) is 0 Å². The number of hydrogen-bond donors (Lipinski definition) is 4. The molecule has 0 aromatic heterocycles. The van der Waals surface area contributed by atoms with Crippen LogP contribution in [0.15, 0.2) is 18.2 Å². The molecule has 6 N–H and O–H groups in total. The van der Waals surface area contributed by atoms with Crippen LogP contribution in [-0.2, 0) is 9.59 Å². The predicted molar refractivity (Wildman–Crippen MR) is 68.1 cm³/mol. The van der Waals surface area contributed by atoms with E-state index in [1.54, 1.807) is 0 Å². The summed E-state index contributed by atoms with van der Waals surface area (Å²) in [5.74, 6) is -3.62. The quantitative estimate of drug-likeness (QED) is 0.539. The van der Waals surface area contributed by atoms with Crippen LogP contribution < -0.4 is 16.8 Å². The third-order valence-electron chi connectivity index (χ3n) is 2.58. The topological polar surface area (TPSA) is 136 Å². The van der Waals surface area contributed by atoms with Gasteiger partial charge in [-0.3, -0.25) is 9.59 Å². The van der Waals surface area contributed by atoms with Gasteiger partial charge < -0.3 is 21.9 Å². The first-order valence-corrected chi connectivity index (χ1v) is 5.69. The molecule has 0 fully saturated rings. The van der Waals surface area contributed by atoms with Crippen LogP contribution in [0.2, 0.25) is 0 Å². The maximum absolute atomic E-state index is 13.2. The molecule has 1 atom stereocenters. The average Bonchev–Trinajstić information content (AvgIpc) is 2.36. The van der Waals surface area contributed by atoms with Crippen molar-refractivity contribution in [2.24, 2.45) is 5.73 Å². The van der Waals surface area contributed by atoms with E-state index in [2.05, 4.69) is 5.32 Å². The van der Waals surface area contributed by atoms with Crippen LogP contribution in [0.1, 0.15) is 23.2 Å². The number of carbonyl (C=O) groups excluding carboxylic acids is 2. The van der Waals surface area contributed by atoms with E-state index in [0.29, 0.717) is 0 Å². The zero-order valence-electron chi connectivity index (χ0n) is 10.4. The molecular formula is C12H14FN3O4. The van der Waals surface area contributed by atoms with Gasteiger partial charge in [0.15, 0.2) is 0 Å². The van der Waals surface area contributed by atoms with E-state index in [9.17, 15) is 18.8 Å². The van der Waals surface area contributed by atoms with Crippen LogP contribution in [0.25, 0.3) is 0 Å². The molecule has 0 saturated carbocycles. The van der Waals surface area contributed by atoms with E-state index >= 15 is 0 Å². The Balaban J connectivity index is 2.83. The number of anilines is 1. The first kappa shape index (κ1) is 15.4. The van der Waals surface area contributed by atoms with Gasteiger partial charge in [-0.25, -0.2) is 9.18 Å². The van der Waals surface area contributed by atoms with Crippen LogP contribution >= 0.6 is 0 Å². The third-order valence-corrected chi connectivity index (χ3v) is 2.58. The van der Waals surface area contributed by atoms with Crippen LogP contribution in [0.4, 0.5) is 10.1 Å². The number of para-hydroxylation sites is 1. The minimum Gasteiger partial charge on any atom is -0.480 e. The highest BCUT2D eigenvalue weighted by molar-refractivity contribution is 6.00. The fourth-order valence-electron chi connectivity index (χ4n) is 1.52. The van der Waals surface area contributed by atoms with Crippen molar-refractivity contribution >= 4 is 23.5 Å². The SMILES string of the molecule is NC(=O)CC[C@@H](NC(=O)c1cccc(F)c1N)C(=O)O. The molecule has 1 aromatic carbocycles. The van der Waals surface area contributed by atoms with E-state index in [1.807, 2.05) is 0 Å². The Morgan fingerprint density at radius 2 is 2.00 bits per heavy atom. The lowest BCUT2D eigenvalue weighted by molar-refractivity contribution is -0.139. The second-order valence-corrected chi connectivity index (χ2v) is 4.07. The lowest BCUT2D eigenvalue weighted by atomic mass is 10.1. The number of rotatable bonds is 6. The van der Waals surface area contributed by atoms with Crippen molar-refractivity contribution < 1.29 is 23.9 Å². The van der Waals surface area contributed by atoms with Gasteiger partial charge in [0.05, 0.1) is 11.3 Å². The highest BCUT2D eigenvalue weighted by Crippen LogP contribution is 2.16. The van der Waals surface area contributed by atoms with Crippen LogP contribution in [0, 0.1) is 5.82 Å². The molecule has 0 radical (unpaired) electrons. The number of carboxylic acids is 1. The molecule has 8 heteroatoms. The van der Waals surface area contributed by atoms with Crippen molar-refractivity contribution in [3.05, 3.63) is 29.6 Å². The van der Waals surface area contributed by atoms with E-state index in [4.69, 9.17) is 16.6 Å². The number of nitrogen functional groups attached to an aromatic ring is 1. The molecule has 0 saturated heterocycles. The summed E-state index contributed by atoms with van der Waals surface area (Å²) in [6, 6.07) is 2.31. The molecular weight excluding hydrogens is 269 g/mol. The van der Waals surface area contributed by atoms with Gasteiger partial charge in [-0.2, -0.15) is 0 Å². The zero-order valence-corrected chi connectivity index (χ0v) is 10.4. The molecule has 0 heterocycles. The number of carbonyl (C=O) groups is 3. The second kappa shape index (κ2) is 6.50. The largest absolute Gasteiger partial charge is 0.480 e. The van der Waals surface area contributed by atoms with Gasteiger partial charge in [-0.15, -0.1) is 0 Å². The molecule has 2 amide bonds. The smallest absolute Gasteiger partial charge is 0.326 e. The fraction of sp³-hybridized carbons (Fsp3) is 0.250. The van der Waals surface area contributed by atoms with Gasteiger partial charge in [0, 0.05) is 6.42 Å². The molecule has 1 aromatic rings. The number of carboxylic acid groups (broad SMARTS) is 1. The third kappa shape index (κ3) is 3.94. The maximum Gasteiger partial charge on any atom is 0.326 e. The van der Waals surface area contributed by atoms with Crippen molar-refractivity contribution in [2.75, 3.05) is 5.73 Å². The number of aliphatic carboxylic acids is 1. The highest BCUT2D eigenvalue weighted by atomic mass is 19.1. The van der Waals surface area contributed by atoms with Gasteiger partial charge in [0.25, 0.3) is 5.91 Å². The van der Waals surface area contributed by atoms with Gasteiger partial charge >= 0.3 is 5.97 Å². The zero-order chi connectivity index (χ0) is 15.3. The summed E-state index contributed by atoms with van der Waals surface area (Å²) in [6.45, 7) is 0. The maximum atomic E-state index is 13.2. The number of primary amides is 1. The van der Waals surface area contributed by atoms with E-state index in [-0.39, 0.29) is 24.1 Å². The fourth-order valence-corrected chi connectivity index (χ4v) is 1.52. The number of nitrogens with two attached hydrogens (primary N) is 2. The van der Waals surface area contributed by atoms with Crippen LogP contribution in [0.5, 0.6) is 0 Å². The van der Waals surface area contributed by atoms with Crippen molar-refractivity contribution in [3.8, 4) is 0 Å². The molecule has 0 aliphatic heterocycles. The summed E-state index contributed by atoms with van der Waals surface area (Å²) in [5, 5.41) is 11.1. The molecule has 0 spiro atoms. The van der Waals surface area contributed by atoms with Crippen LogP contribution in [0.3, 0.4) is 0 Å². The van der Waals surface area contributed by atoms with Crippen LogP contribution in [-0.4, -0.2) is 28.9 Å². The van der Waals surface area contributed by atoms with Gasteiger partial charge in [0.2, 0.25) is 5.91 Å². The number of hydrogen-bond acceptors (Lipinski definition) is 4. The predicted octanol–water partition coefficient (Wildman–Crippen LogP) is -0.144. The first-order chi connectivity index (χ1) is 9.32. The Hall–Kier alpha value is -2.64. The summed E-state index contributed by atoms with van der Waals surface area (Å²) < 4.78 is 13.2. The molecule has 0 unspecified atom stereocenters. The molecule has 7 nitrogen and oxygen atoms in total.